The zero-order valence-electron chi connectivity index (χ0n) is 9.27. The van der Waals surface area contributed by atoms with Gasteiger partial charge in [-0.2, -0.15) is 5.26 Å². The Hall–Kier alpha value is -1.34. The molecule has 1 aromatic rings. The van der Waals surface area contributed by atoms with Gasteiger partial charge in [-0.3, -0.25) is 0 Å². The molecule has 1 saturated carbocycles. The van der Waals surface area contributed by atoms with Crippen LogP contribution in [0, 0.1) is 17.2 Å². The zero-order valence-corrected chi connectivity index (χ0v) is 10.1. The van der Waals surface area contributed by atoms with E-state index in [1.54, 1.807) is 24.3 Å². The maximum absolute atomic E-state index is 11.3. The molecule has 3 nitrogen and oxygen atoms in total. The molecule has 1 fully saturated rings. The summed E-state index contributed by atoms with van der Waals surface area (Å²) >= 11 is 0. The lowest BCUT2D eigenvalue weighted by atomic mass is 9.95. The summed E-state index contributed by atoms with van der Waals surface area (Å²) in [7, 11) is -3.15. The van der Waals surface area contributed by atoms with Crippen LogP contribution in [-0.4, -0.2) is 14.7 Å². The van der Waals surface area contributed by atoms with Gasteiger partial charge in [0, 0.05) is 6.26 Å². The van der Waals surface area contributed by atoms with E-state index in [0.717, 1.165) is 12.0 Å². The van der Waals surface area contributed by atoms with Crippen molar-refractivity contribution in [3.8, 4) is 6.07 Å². The van der Waals surface area contributed by atoms with Crippen LogP contribution in [0.15, 0.2) is 29.2 Å². The largest absolute Gasteiger partial charge is 0.224 e. The normalized spacial score (nSPS) is 28.4. The Labute approximate surface area is 95.6 Å². The summed E-state index contributed by atoms with van der Waals surface area (Å²) < 4.78 is 22.6. The highest BCUT2D eigenvalue weighted by atomic mass is 32.2. The Morgan fingerprint density at radius 2 is 1.88 bits per heavy atom. The third kappa shape index (κ3) is 1.61. The Morgan fingerprint density at radius 3 is 2.19 bits per heavy atom. The Bertz CT molecular complexity index is 554. The van der Waals surface area contributed by atoms with Gasteiger partial charge in [0.2, 0.25) is 0 Å². The van der Waals surface area contributed by atoms with E-state index in [1.165, 1.54) is 6.26 Å². The van der Waals surface area contributed by atoms with Crippen LogP contribution in [0.5, 0.6) is 0 Å². The summed E-state index contributed by atoms with van der Waals surface area (Å²) in [6.45, 7) is 2.04. The predicted octanol–water partition coefficient (Wildman–Crippen LogP) is 1.89. The summed E-state index contributed by atoms with van der Waals surface area (Å²) in [6.07, 6.45) is 2.05. The first-order valence-electron chi connectivity index (χ1n) is 5.12. The Balaban J connectivity index is 2.39. The quantitative estimate of drug-likeness (QED) is 0.786. The van der Waals surface area contributed by atoms with E-state index in [9.17, 15) is 8.42 Å². The summed E-state index contributed by atoms with van der Waals surface area (Å²) in [6, 6.07) is 8.99. The zero-order chi connectivity index (χ0) is 12.0. The lowest BCUT2D eigenvalue weighted by Gasteiger charge is -2.08. The lowest BCUT2D eigenvalue weighted by Crippen LogP contribution is -2.06. The van der Waals surface area contributed by atoms with Crippen LogP contribution in [0.1, 0.15) is 18.9 Å². The fraction of sp³-hybridized carbons (Fsp3) is 0.417. The van der Waals surface area contributed by atoms with Gasteiger partial charge >= 0.3 is 0 Å². The van der Waals surface area contributed by atoms with Gasteiger partial charge in [0.05, 0.1) is 16.4 Å². The second-order valence-corrected chi connectivity index (χ2v) is 6.50. The van der Waals surface area contributed by atoms with Gasteiger partial charge in [-0.25, -0.2) is 8.42 Å². The minimum Gasteiger partial charge on any atom is -0.224 e. The number of hydrogen-bond acceptors (Lipinski definition) is 3. The first-order valence-corrected chi connectivity index (χ1v) is 7.01. The van der Waals surface area contributed by atoms with Gasteiger partial charge in [0.1, 0.15) is 0 Å². The van der Waals surface area contributed by atoms with Crippen molar-refractivity contribution in [1.82, 2.24) is 0 Å². The molecule has 2 unspecified atom stereocenters. The van der Waals surface area contributed by atoms with Crippen molar-refractivity contribution in [2.24, 2.45) is 5.92 Å². The molecule has 4 heteroatoms. The molecule has 0 N–H and O–H groups in total. The molecule has 0 radical (unpaired) electrons. The monoisotopic (exact) mass is 235 g/mol. The molecule has 0 bridgehead atoms. The van der Waals surface area contributed by atoms with Crippen molar-refractivity contribution in [3.63, 3.8) is 0 Å². The number of benzene rings is 1. The van der Waals surface area contributed by atoms with Gasteiger partial charge in [-0.05, 0) is 30.0 Å². The van der Waals surface area contributed by atoms with Crippen LogP contribution in [0.2, 0.25) is 0 Å². The number of hydrogen-bond donors (Lipinski definition) is 0. The lowest BCUT2D eigenvalue weighted by molar-refractivity contribution is 0.602. The molecule has 1 aliphatic rings. The summed E-state index contributed by atoms with van der Waals surface area (Å²) in [5.74, 6) is 0.363. The van der Waals surface area contributed by atoms with Crippen LogP contribution in [-0.2, 0) is 15.3 Å². The third-order valence-electron chi connectivity index (χ3n) is 3.31. The first-order chi connectivity index (χ1) is 7.40. The highest BCUT2D eigenvalue weighted by Gasteiger charge is 2.53. The van der Waals surface area contributed by atoms with Gasteiger partial charge in [-0.1, -0.05) is 19.1 Å². The van der Waals surface area contributed by atoms with E-state index in [2.05, 4.69) is 6.07 Å². The smallest absolute Gasteiger partial charge is 0.175 e. The minimum absolute atomic E-state index is 0.303. The Morgan fingerprint density at radius 1 is 1.38 bits per heavy atom. The van der Waals surface area contributed by atoms with Gasteiger partial charge in [0.15, 0.2) is 9.84 Å². The maximum atomic E-state index is 11.3. The van der Waals surface area contributed by atoms with Crippen molar-refractivity contribution >= 4 is 9.84 Å². The minimum atomic E-state index is -3.15. The van der Waals surface area contributed by atoms with Crippen LogP contribution in [0.25, 0.3) is 0 Å². The van der Waals surface area contributed by atoms with E-state index in [-0.39, 0.29) is 5.41 Å². The SMILES string of the molecule is CC1CC1(C#N)c1ccc(S(C)(=O)=O)cc1. The molecular weight excluding hydrogens is 222 g/mol. The fourth-order valence-corrected chi connectivity index (χ4v) is 2.68. The fourth-order valence-electron chi connectivity index (χ4n) is 2.05. The summed E-state index contributed by atoms with van der Waals surface area (Å²) in [5, 5.41) is 9.14. The van der Waals surface area contributed by atoms with E-state index in [4.69, 9.17) is 5.26 Å². The maximum Gasteiger partial charge on any atom is 0.175 e. The van der Waals surface area contributed by atoms with E-state index >= 15 is 0 Å². The van der Waals surface area contributed by atoms with Crippen molar-refractivity contribution in [1.29, 1.82) is 5.26 Å². The van der Waals surface area contributed by atoms with Crippen molar-refractivity contribution in [2.75, 3.05) is 6.26 Å². The molecule has 1 aromatic carbocycles. The highest BCUT2D eigenvalue weighted by molar-refractivity contribution is 7.90. The predicted molar refractivity (Wildman–Crippen MR) is 60.6 cm³/mol. The molecule has 1 aliphatic carbocycles. The van der Waals surface area contributed by atoms with E-state index in [0.29, 0.717) is 10.8 Å². The molecule has 0 heterocycles. The molecule has 0 spiro atoms. The Kier molecular flexibility index (Phi) is 2.32. The van der Waals surface area contributed by atoms with E-state index < -0.39 is 9.84 Å². The number of nitriles is 1. The number of nitrogens with zero attached hydrogens (tertiary/aromatic N) is 1. The van der Waals surface area contributed by atoms with Crippen LogP contribution in [0.4, 0.5) is 0 Å². The molecule has 2 rings (SSSR count). The molecule has 84 valence electrons. The molecule has 16 heavy (non-hydrogen) atoms. The highest BCUT2D eigenvalue weighted by Crippen LogP contribution is 2.53. The van der Waals surface area contributed by atoms with Gasteiger partial charge in [-0.15, -0.1) is 0 Å². The number of sulfone groups is 1. The van der Waals surface area contributed by atoms with Crippen molar-refractivity contribution < 1.29 is 8.42 Å². The van der Waals surface area contributed by atoms with Crippen LogP contribution >= 0.6 is 0 Å². The van der Waals surface area contributed by atoms with Crippen LogP contribution in [0.3, 0.4) is 0 Å². The molecule has 0 aromatic heterocycles. The van der Waals surface area contributed by atoms with Crippen LogP contribution < -0.4 is 0 Å². The third-order valence-corrected chi connectivity index (χ3v) is 4.43. The first kappa shape index (κ1) is 11.2. The van der Waals surface area contributed by atoms with Gasteiger partial charge in [0.25, 0.3) is 0 Å². The number of rotatable bonds is 2. The van der Waals surface area contributed by atoms with Crippen molar-refractivity contribution in [2.45, 2.75) is 23.7 Å². The van der Waals surface area contributed by atoms with E-state index in [1.807, 2.05) is 6.92 Å². The average Bonchev–Trinajstić information content (AvgIpc) is 2.90. The standard InChI is InChI=1S/C12H13NO2S/c1-9-7-12(9,8-13)10-3-5-11(6-4-10)16(2,14)15/h3-6,9H,7H2,1-2H3. The summed E-state index contributed by atoms with van der Waals surface area (Å²) in [4.78, 5) is 0.303. The van der Waals surface area contributed by atoms with Crippen molar-refractivity contribution in [3.05, 3.63) is 29.8 Å². The molecule has 0 aliphatic heterocycles. The van der Waals surface area contributed by atoms with Gasteiger partial charge < -0.3 is 0 Å². The second kappa shape index (κ2) is 3.33. The molecular formula is C12H13NO2S. The molecule has 0 saturated heterocycles. The molecule has 2 atom stereocenters. The molecule has 0 amide bonds. The second-order valence-electron chi connectivity index (χ2n) is 4.48. The average molecular weight is 235 g/mol. The summed E-state index contributed by atoms with van der Waals surface area (Å²) in [5.41, 5.74) is 0.547. The topological polar surface area (TPSA) is 57.9 Å².